The molecule has 1 aromatic carbocycles. The molecular formula is C10H10OS2. The fourth-order valence-corrected chi connectivity index (χ4v) is 2.61. The monoisotopic (exact) mass is 210 g/mol. The van der Waals surface area contributed by atoms with Gasteiger partial charge in [-0.25, -0.2) is 0 Å². The Morgan fingerprint density at radius 2 is 2.23 bits per heavy atom. The first-order chi connectivity index (χ1) is 6.22. The van der Waals surface area contributed by atoms with Crippen LogP contribution in [0.1, 0.15) is 11.8 Å². The Balaban J connectivity index is 2.76. The highest BCUT2D eigenvalue weighted by Gasteiger charge is 2.06. The third kappa shape index (κ3) is 1.42. The van der Waals surface area contributed by atoms with Crippen molar-refractivity contribution in [1.29, 1.82) is 0 Å². The van der Waals surface area contributed by atoms with Gasteiger partial charge in [-0.15, -0.1) is 24.0 Å². The number of thiophene rings is 1. The summed E-state index contributed by atoms with van der Waals surface area (Å²) in [5.41, 5.74) is 0. The van der Waals surface area contributed by atoms with Gasteiger partial charge in [0.15, 0.2) is 0 Å². The van der Waals surface area contributed by atoms with Crippen LogP contribution >= 0.6 is 24.0 Å². The number of benzene rings is 1. The van der Waals surface area contributed by atoms with Crippen molar-refractivity contribution < 1.29 is 5.11 Å². The lowest BCUT2D eigenvalue weighted by Crippen LogP contribution is -1.68. The predicted octanol–water partition coefficient (Wildman–Crippen LogP) is 3.46. The van der Waals surface area contributed by atoms with Crippen molar-refractivity contribution in [2.75, 3.05) is 0 Å². The van der Waals surface area contributed by atoms with E-state index in [1.165, 1.54) is 4.88 Å². The highest BCUT2D eigenvalue weighted by molar-refractivity contribution is 7.80. The SMILES string of the molecule is CCc1cc2ccc(S)c(O)c2s1. The number of rotatable bonds is 1. The first-order valence-electron chi connectivity index (χ1n) is 4.15. The van der Waals surface area contributed by atoms with Gasteiger partial charge >= 0.3 is 0 Å². The molecule has 0 saturated carbocycles. The van der Waals surface area contributed by atoms with Crippen LogP contribution in [-0.4, -0.2) is 5.11 Å². The van der Waals surface area contributed by atoms with Crippen LogP contribution in [0.5, 0.6) is 5.75 Å². The number of hydrogen-bond acceptors (Lipinski definition) is 3. The molecule has 1 N–H and O–H groups in total. The summed E-state index contributed by atoms with van der Waals surface area (Å²) in [5, 5.41) is 10.8. The van der Waals surface area contributed by atoms with Crippen molar-refractivity contribution in [2.24, 2.45) is 0 Å². The molecule has 0 aliphatic carbocycles. The summed E-state index contributed by atoms with van der Waals surface area (Å²) in [6.07, 6.45) is 1.01. The maximum absolute atomic E-state index is 9.70. The molecule has 0 amide bonds. The minimum absolute atomic E-state index is 0.311. The Morgan fingerprint density at radius 1 is 1.46 bits per heavy atom. The van der Waals surface area contributed by atoms with Gasteiger partial charge < -0.3 is 5.11 Å². The summed E-state index contributed by atoms with van der Waals surface area (Å²) in [7, 11) is 0. The molecule has 2 aromatic rings. The minimum atomic E-state index is 0.311. The van der Waals surface area contributed by atoms with Crippen molar-refractivity contribution in [3.63, 3.8) is 0 Å². The van der Waals surface area contributed by atoms with Crippen molar-refractivity contribution in [3.8, 4) is 5.75 Å². The van der Waals surface area contributed by atoms with Gasteiger partial charge in [-0.05, 0) is 23.9 Å². The van der Waals surface area contributed by atoms with Crippen LogP contribution in [0.15, 0.2) is 23.1 Å². The maximum atomic E-state index is 9.70. The summed E-state index contributed by atoms with van der Waals surface area (Å²) in [5.74, 6) is 0.311. The van der Waals surface area contributed by atoms with Gasteiger partial charge in [-0.3, -0.25) is 0 Å². The molecule has 2 rings (SSSR count). The lowest BCUT2D eigenvalue weighted by molar-refractivity contribution is 0.470. The molecule has 13 heavy (non-hydrogen) atoms. The molecule has 1 heterocycles. The molecule has 68 valence electrons. The van der Waals surface area contributed by atoms with Crippen molar-refractivity contribution in [1.82, 2.24) is 0 Å². The smallest absolute Gasteiger partial charge is 0.146 e. The van der Waals surface area contributed by atoms with E-state index >= 15 is 0 Å². The number of aromatic hydroxyl groups is 1. The molecule has 1 nitrogen and oxygen atoms in total. The van der Waals surface area contributed by atoms with Gasteiger partial charge in [0.05, 0.1) is 4.70 Å². The average Bonchev–Trinajstić information content (AvgIpc) is 2.55. The lowest BCUT2D eigenvalue weighted by atomic mass is 10.2. The van der Waals surface area contributed by atoms with Gasteiger partial charge in [-0.2, -0.15) is 0 Å². The third-order valence-electron chi connectivity index (χ3n) is 2.04. The Labute approximate surface area is 86.4 Å². The molecule has 0 unspecified atom stereocenters. The van der Waals surface area contributed by atoms with E-state index in [-0.39, 0.29) is 0 Å². The van der Waals surface area contributed by atoms with E-state index in [2.05, 4.69) is 25.6 Å². The fourth-order valence-electron chi connectivity index (χ4n) is 1.31. The molecule has 3 heteroatoms. The van der Waals surface area contributed by atoms with Crippen LogP contribution in [-0.2, 0) is 6.42 Å². The quantitative estimate of drug-likeness (QED) is 0.691. The number of phenols is 1. The Bertz CT molecular complexity index is 445. The van der Waals surface area contributed by atoms with Crippen molar-refractivity contribution in [2.45, 2.75) is 18.2 Å². The van der Waals surface area contributed by atoms with Crippen molar-refractivity contribution in [3.05, 3.63) is 23.1 Å². The second-order valence-electron chi connectivity index (χ2n) is 2.92. The summed E-state index contributed by atoms with van der Waals surface area (Å²) >= 11 is 5.81. The molecular weight excluding hydrogens is 200 g/mol. The van der Waals surface area contributed by atoms with E-state index in [0.717, 1.165) is 16.5 Å². The number of aryl methyl sites for hydroxylation is 1. The molecule has 0 fully saturated rings. The summed E-state index contributed by atoms with van der Waals surface area (Å²) in [4.78, 5) is 1.95. The highest BCUT2D eigenvalue weighted by atomic mass is 32.1. The van der Waals surface area contributed by atoms with Gasteiger partial charge in [0.25, 0.3) is 0 Å². The zero-order valence-corrected chi connectivity index (χ0v) is 8.95. The van der Waals surface area contributed by atoms with Crippen LogP contribution < -0.4 is 0 Å². The normalized spacial score (nSPS) is 10.9. The second-order valence-corrected chi connectivity index (χ2v) is 4.54. The third-order valence-corrected chi connectivity index (χ3v) is 3.70. The van der Waals surface area contributed by atoms with Crippen LogP contribution in [0.4, 0.5) is 0 Å². The van der Waals surface area contributed by atoms with E-state index in [9.17, 15) is 5.11 Å². The van der Waals surface area contributed by atoms with Crippen molar-refractivity contribution >= 4 is 34.1 Å². The zero-order valence-electron chi connectivity index (χ0n) is 7.24. The Morgan fingerprint density at radius 3 is 2.92 bits per heavy atom. The van der Waals surface area contributed by atoms with E-state index in [4.69, 9.17) is 0 Å². The Hall–Kier alpha value is -0.670. The van der Waals surface area contributed by atoms with Gasteiger partial charge in [0.1, 0.15) is 5.75 Å². The molecule has 0 aliphatic heterocycles. The molecule has 0 spiro atoms. The standard InChI is InChI=1S/C10H10OS2/c1-2-7-5-6-3-4-8(12)9(11)10(6)13-7/h3-5,11-12H,2H2,1H3. The summed E-state index contributed by atoms with van der Waals surface area (Å²) in [6, 6.07) is 5.94. The zero-order chi connectivity index (χ0) is 9.42. The van der Waals surface area contributed by atoms with E-state index in [1.54, 1.807) is 11.3 Å². The maximum Gasteiger partial charge on any atom is 0.146 e. The predicted molar refractivity (Wildman–Crippen MR) is 60.1 cm³/mol. The summed E-state index contributed by atoms with van der Waals surface area (Å²) in [6.45, 7) is 2.11. The number of fused-ring (bicyclic) bond motifs is 1. The van der Waals surface area contributed by atoms with Crippen LogP contribution in [0.2, 0.25) is 0 Å². The first-order valence-corrected chi connectivity index (χ1v) is 5.42. The topological polar surface area (TPSA) is 20.2 Å². The van der Waals surface area contributed by atoms with Gasteiger partial charge in [0, 0.05) is 9.77 Å². The van der Waals surface area contributed by atoms with Gasteiger partial charge in [-0.1, -0.05) is 13.0 Å². The lowest BCUT2D eigenvalue weighted by Gasteiger charge is -1.96. The van der Waals surface area contributed by atoms with E-state index in [1.807, 2.05) is 12.1 Å². The van der Waals surface area contributed by atoms with Crippen LogP contribution in [0, 0.1) is 0 Å². The largest absolute Gasteiger partial charge is 0.505 e. The Kier molecular flexibility index (Phi) is 2.22. The fraction of sp³-hybridized carbons (Fsp3) is 0.200. The van der Waals surface area contributed by atoms with Crippen LogP contribution in [0.3, 0.4) is 0 Å². The number of thiol groups is 1. The molecule has 0 bridgehead atoms. The number of phenolic OH excluding ortho intramolecular Hbond substituents is 1. The molecule has 0 radical (unpaired) electrons. The molecule has 0 saturated heterocycles. The summed E-state index contributed by atoms with van der Waals surface area (Å²) < 4.78 is 0.948. The first kappa shape index (κ1) is 8.91. The highest BCUT2D eigenvalue weighted by Crippen LogP contribution is 2.36. The average molecular weight is 210 g/mol. The van der Waals surface area contributed by atoms with Gasteiger partial charge in [0.2, 0.25) is 0 Å². The second kappa shape index (κ2) is 3.24. The molecule has 0 atom stereocenters. The molecule has 0 aliphatic rings. The van der Waals surface area contributed by atoms with E-state index < -0.39 is 0 Å². The molecule has 1 aromatic heterocycles. The number of hydrogen-bond donors (Lipinski definition) is 2. The minimum Gasteiger partial charge on any atom is -0.505 e. The van der Waals surface area contributed by atoms with Crippen LogP contribution in [0.25, 0.3) is 10.1 Å². The van der Waals surface area contributed by atoms with E-state index in [0.29, 0.717) is 10.6 Å².